The predicted molar refractivity (Wildman–Crippen MR) is 142 cm³/mol. The van der Waals surface area contributed by atoms with Crippen molar-refractivity contribution in [2.24, 2.45) is 0 Å². The second-order valence-corrected chi connectivity index (χ2v) is 13.2. The van der Waals surface area contributed by atoms with Gasteiger partial charge in [0.2, 0.25) is 0 Å². The molecule has 36 heavy (non-hydrogen) atoms. The molecule has 1 unspecified atom stereocenters. The van der Waals surface area contributed by atoms with E-state index in [2.05, 4.69) is 29.6 Å². The number of cyclic esters (lactones) is 1. The summed E-state index contributed by atoms with van der Waals surface area (Å²) in [6.07, 6.45) is 0.705. The second-order valence-electron chi connectivity index (χ2n) is 10.2. The van der Waals surface area contributed by atoms with Crippen molar-refractivity contribution in [3.05, 3.63) is 102 Å². The van der Waals surface area contributed by atoms with E-state index in [1.165, 1.54) is 0 Å². The van der Waals surface area contributed by atoms with Gasteiger partial charge in [0, 0.05) is 0 Å². The summed E-state index contributed by atoms with van der Waals surface area (Å²) >= 11 is -0.154. The molecule has 1 aliphatic heterocycles. The van der Waals surface area contributed by atoms with Crippen LogP contribution < -0.4 is 9.78 Å². The van der Waals surface area contributed by atoms with Crippen LogP contribution in [-0.2, 0) is 27.1 Å². The maximum absolute atomic E-state index is 13.6. The summed E-state index contributed by atoms with van der Waals surface area (Å²) in [6.45, 7) is 5.50. The number of hydrogen-bond acceptors (Lipinski definition) is 4. The number of hydrogen-bond donors (Lipinski definition) is 1. The first-order valence-corrected chi connectivity index (χ1v) is 14.0. The van der Waals surface area contributed by atoms with Crippen LogP contribution in [-0.4, -0.2) is 44.8 Å². The van der Waals surface area contributed by atoms with Gasteiger partial charge in [-0.25, -0.2) is 0 Å². The van der Waals surface area contributed by atoms with Gasteiger partial charge in [-0.15, -0.1) is 0 Å². The second kappa shape index (κ2) is 11.3. The summed E-state index contributed by atoms with van der Waals surface area (Å²) in [4.78, 5) is 26.4. The Labute approximate surface area is 219 Å². The molecule has 6 heteroatoms. The molecule has 1 saturated heterocycles. The molecule has 5 nitrogen and oxygen atoms in total. The van der Waals surface area contributed by atoms with Crippen molar-refractivity contribution in [1.82, 2.24) is 5.32 Å². The van der Waals surface area contributed by atoms with E-state index in [0.717, 1.165) is 15.6 Å². The summed E-state index contributed by atoms with van der Waals surface area (Å²) in [5.74, 6) is -0.191. The van der Waals surface area contributed by atoms with Gasteiger partial charge in [0.25, 0.3) is 0 Å². The zero-order valence-corrected chi connectivity index (χ0v) is 22.7. The molecule has 0 aromatic heterocycles. The van der Waals surface area contributed by atoms with Crippen LogP contribution in [0.3, 0.4) is 0 Å². The van der Waals surface area contributed by atoms with Crippen LogP contribution in [0.15, 0.2) is 91.0 Å². The van der Waals surface area contributed by atoms with Gasteiger partial charge < -0.3 is 0 Å². The number of nitrogens with one attached hydrogen (secondary N) is 1. The van der Waals surface area contributed by atoms with E-state index >= 15 is 0 Å². The Balaban J connectivity index is 1.62. The van der Waals surface area contributed by atoms with Crippen LogP contribution in [0.5, 0.6) is 0 Å². The Morgan fingerprint density at radius 2 is 1.53 bits per heavy atom. The molecule has 3 aromatic carbocycles. The Kier molecular flexibility index (Phi) is 8.17. The van der Waals surface area contributed by atoms with Crippen LogP contribution in [0.25, 0.3) is 0 Å². The maximum atomic E-state index is 13.6. The van der Waals surface area contributed by atoms with Gasteiger partial charge in [-0.2, -0.15) is 0 Å². The first-order valence-electron chi connectivity index (χ1n) is 12.2. The van der Waals surface area contributed by atoms with Crippen LogP contribution in [0.1, 0.15) is 38.3 Å². The molecular formula is C30H33NO4Se. The zero-order valence-electron chi connectivity index (χ0n) is 21.0. The van der Waals surface area contributed by atoms with Gasteiger partial charge in [-0.05, 0) is 0 Å². The van der Waals surface area contributed by atoms with E-state index in [1.807, 2.05) is 87.5 Å². The van der Waals surface area contributed by atoms with E-state index in [9.17, 15) is 9.59 Å². The van der Waals surface area contributed by atoms with Crippen molar-refractivity contribution in [1.29, 1.82) is 0 Å². The van der Waals surface area contributed by atoms with Gasteiger partial charge >= 0.3 is 220 Å². The monoisotopic (exact) mass is 551 g/mol. The quantitative estimate of drug-likeness (QED) is 0.321. The minimum atomic E-state index is -0.662. The van der Waals surface area contributed by atoms with Gasteiger partial charge in [-0.3, -0.25) is 0 Å². The third-order valence-corrected chi connectivity index (χ3v) is 8.89. The third kappa shape index (κ3) is 6.99. The van der Waals surface area contributed by atoms with Crippen LogP contribution in [0.4, 0.5) is 4.79 Å². The number of amides is 1. The average molecular weight is 551 g/mol. The summed E-state index contributed by atoms with van der Waals surface area (Å²) in [7, 11) is 0. The Hall–Kier alpha value is -3.08. The number of esters is 1. The SMILES string of the molecule is CC(C)(C)OC(=O)N[C@@H](Cc1ccccc1)[C@@H]1CC(Cc2ccccc2)([Se]c2ccccc2)C(=O)O1. The van der Waals surface area contributed by atoms with Crippen molar-refractivity contribution < 1.29 is 19.1 Å². The Bertz CT molecular complexity index is 1100. The summed E-state index contributed by atoms with van der Waals surface area (Å²) < 4.78 is 12.1. The molecule has 3 aromatic rings. The van der Waals surface area contributed by atoms with Crippen molar-refractivity contribution >= 4 is 31.5 Å². The molecule has 0 saturated carbocycles. The van der Waals surface area contributed by atoms with Gasteiger partial charge in [0.1, 0.15) is 0 Å². The fourth-order valence-electron chi connectivity index (χ4n) is 4.43. The van der Waals surface area contributed by atoms with Gasteiger partial charge in [-0.1, -0.05) is 0 Å². The number of carbonyl (C=O) groups excluding carboxylic acids is 2. The van der Waals surface area contributed by atoms with Crippen LogP contribution in [0, 0.1) is 0 Å². The number of benzene rings is 3. The van der Waals surface area contributed by atoms with E-state index in [0.29, 0.717) is 19.3 Å². The Morgan fingerprint density at radius 3 is 2.11 bits per heavy atom. The summed E-state index contributed by atoms with van der Waals surface area (Å²) in [5.41, 5.74) is 1.54. The Morgan fingerprint density at radius 1 is 0.972 bits per heavy atom. The molecule has 0 radical (unpaired) electrons. The minimum absolute atomic E-state index is 0.154. The zero-order chi connectivity index (χ0) is 25.6. The molecule has 3 atom stereocenters. The van der Waals surface area contributed by atoms with Crippen molar-refractivity contribution in [2.45, 2.75) is 62.1 Å². The van der Waals surface area contributed by atoms with E-state index in [1.54, 1.807) is 0 Å². The van der Waals surface area contributed by atoms with Crippen molar-refractivity contribution in [3.63, 3.8) is 0 Å². The predicted octanol–water partition coefficient (Wildman–Crippen LogP) is 4.87. The number of carbonyl (C=O) groups is 2. The molecule has 1 aliphatic rings. The average Bonchev–Trinajstić information content (AvgIpc) is 3.15. The van der Waals surface area contributed by atoms with Crippen molar-refractivity contribution in [2.75, 3.05) is 0 Å². The molecule has 0 spiro atoms. The summed E-state index contributed by atoms with van der Waals surface area (Å²) in [5, 5.41) is 3.02. The van der Waals surface area contributed by atoms with Gasteiger partial charge in [0.15, 0.2) is 0 Å². The fraction of sp³-hybridized carbons (Fsp3) is 0.333. The molecule has 0 aliphatic carbocycles. The molecule has 1 amide bonds. The standard InChI is InChI=1S/C30H33NO4Se/c1-29(2,3)35-28(33)31-25(19-22-13-7-4-8-14-22)26-21-30(27(32)34-26,20-23-15-9-5-10-16-23)36-24-17-11-6-12-18-24/h4-18,25-26H,19-21H2,1-3H3,(H,31,33)/t25-,26-,30?/m0/s1. The molecular weight excluding hydrogens is 517 g/mol. The van der Waals surface area contributed by atoms with Crippen LogP contribution in [0.2, 0.25) is 4.31 Å². The van der Waals surface area contributed by atoms with Crippen LogP contribution >= 0.6 is 0 Å². The summed E-state index contributed by atoms with van der Waals surface area (Å²) in [6, 6.07) is 29.8. The van der Waals surface area contributed by atoms with E-state index in [-0.39, 0.29) is 20.9 Å². The third-order valence-electron chi connectivity index (χ3n) is 6.00. The molecule has 4 rings (SSSR count). The molecule has 0 bridgehead atoms. The number of rotatable bonds is 8. The van der Waals surface area contributed by atoms with Crippen molar-refractivity contribution in [3.8, 4) is 0 Å². The van der Waals surface area contributed by atoms with E-state index in [4.69, 9.17) is 9.47 Å². The number of ether oxygens (including phenoxy) is 2. The normalized spacial score (nSPS) is 20.4. The molecule has 1 fully saturated rings. The van der Waals surface area contributed by atoms with E-state index < -0.39 is 28.2 Å². The fourth-order valence-corrected chi connectivity index (χ4v) is 7.28. The van der Waals surface area contributed by atoms with Gasteiger partial charge in [0.05, 0.1) is 0 Å². The molecule has 1 N–H and O–H groups in total. The topological polar surface area (TPSA) is 64.6 Å². The first kappa shape index (κ1) is 26.0. The molecule has 1 heterocycles. The first-order chi connectivity index (χ1) is 17.2. The molecule has 188 valence electrons. The number of alkyl carbamates (subject to hydrolysis) is 1.